The Hall–Kier alpha value is -3.83. The molecule has 0 atom stereocenters. The maximum atomic E-state index is 13.1. The van der Waals surface area contributed by atoms with Gasteiger partial charge < -0.3 is 9.30 Å². The van der Waals surface area contributed by atoms with Gasteiger partial charge in [0, 0.05) is 11.3 Å². The number of carbonyl (C=O) groups is 2. The van der Waals surface area contributed by atoms with Crippen molar-refractivity contribution in [3.8, 4) is 0 Å². The average Bonchev–Trinajstić information content (AvgIpc) is 3.16. The fourth-order valence-electron chi connectivity index (χ4n) is 3.75. The van der Waals surface area contributed by atoms with Crippen LogP contribution < -0.4 is 9.52 Å². The predicted octanol–water partition coefficient (Wildman–Crippen LogP) is 4.56. The number of hydrogen-bond donors (Lipinski definition) is 1. The largest absolute Gasteiger partial charge is 0.465 e. The first kappa shape index (κ1) is 26.2. The highest BCUT2D eigenvalue weighted by Gasteiger charge is 2.16. The second kappa shape index (κ2) is 10.7. The fourth-order valence-corrected chi connectivity index (χ4v) is 5.88. The summed E-state index contributed by atoms with van der Waals surface area (Å²) in [5, 5.41) is 0. The monoisotopic (exact) mass is 541 g/mol. The lowest BCUT2D eigenvalue weighted by atomic mass is 10.1. The molecule has 1 heterocycles. The molecule has 37 heavy (non-hydrogen) atoms. The number of aromatic nitrogens is 1. The molecular formula is C26H24FN3O5S2. The molecule has 1 aromatic heterocycles. The van der Waals surface area contributed by atoms with Crippen LogP contribution in [0.3, 0.4) is 0 Å². The molecule has 4 aromatic rings. The van der Waals surface area contributed by atoms with E-state index in [0.717, 1.165) is 45.6 Å². The molecule has 1 N–H and O–H groups in total. The first-order chi connectivity index (χ1) is 17.6. The fraction of sp³-hybridized carbons (Fsp3) is 0.192. The minimum absolute atomic E-state index is 0.0903. The molecule has 192 valence electrons. The third-order valence-electron chi connectivity index (χ3n) is 5.41. The minimum atomic E-state index is -3.93. The predicted molar refractivity (Wildman–Crippen MR) is 139 cm³/mol. The van der Waals surface area contributed by atoms with Gasteiger partial charge in [0.1, 0.15) is 12.4 Å². The maximum absolute atomic E-state index is 13.1. The van der Waals surface area contributed by atoms with Crippen LogP contribution in [0.1, 0.15) is 28.4 Å². The van der Waals surface area contributed by atoms with Crippen LogP contribution in [-0.4, -0.2) is 31.5 Å². The van der Waals surface area contributed by atoms with Crippen LogP contribution in [0.5, 0.6) is 0 Å². The Bertz CT molecular complexity index is 1660. The molecule has 0 spiro atoms. The van der Waals surface area contributed by atoms with Gasteiger partial charge in [-0.2, -0.15) is 4.99 Å². The Labute approximate surface area is 217 Å². The molecule has 3 aromatic carbocycles. The Balaban J connectivity index is 1.64. The van der Waals surface area contributed by atoms with E-state index in [2.05, 4.69) is 9.71 Å². The summed E-state index contributed by atoms with van der Waals surface area (Å²) in [6.45, 7) is 5.78. The number of aryl methyl sites for hydroxylation is 2. The number of nitrogens with zero attached hydrogens (tertiary/aromatic N) is 2. The summed E-state index contributed by atoms with van der Waals surface area (Å²) in [4.78, 5) is 29.8. The van der Waals surface area contributed by atoms with E-state index in [1.54, 1.807) is 11.5 Å². The van der Waals surface area contributed by atoms with E-state index in [1.807, 2.05) is 26.0 Å². The van der Waals surface area contributed by atoms with Gasteiger partial charge in [0.05, 0.1) is 21.7 Å². The highest BCUT2D eigenvalue weighted by atomic mass is 32.2. The first-order valence-corrected chi connectivity index (χ1v) is 13.6. The number of fused-ring (bicyclic) bond motifs is 1. The van der Waals surface area contributed by atoms with Crippen molar-refractivity contribution >= 4 is 49.1 Å². The van der Waals surface area contributed by atoms with Crippen LogP contribution in [0.4, 0.5) is 10.1 Å². The van der Waals surface area contributed by atoms with Crippen LogP contribution in [0.25, 0.3) is 10.2 Å². The van der Waals surface area contributed by atoms with Gasteiger partial charge in [0.2, 0.25) is 0 Å². The molecule has 4 rings (SSSR count). The first-order valence-electron chi connectivity index (χ1n) is 11.3. The van der Waals surface area contributed by atoms with Crippen molar-refractivity contribution in [3.63, 3.8) is 0 Å². The molecule has 0 fully saturated rings. The number of amides is 1. The minimum Gasteiger partial charge on any atom is -0.465 e. The summed E-state index contributed by atoms with van der Waals surface area (Å²) >= 11 is 1.30. The molecular weight excluding hydrogens is 517 g/mol. The number of halogens is 1. The van der Waals surface area contributed by atoms with Crippen molar-refractivity contribution < 1.29 is 27.1 Å². The van der Waals surface area contributed by atoms with Gasteiger partial charge in [-0.3, -0.25) is 14.3 Å². The zero-order valence-corrected chi connectivity index (χ0v) is 22.0. The van der Waals surface area contributed by atoms with E-state index >= 15 is 0 Å². The quantitative estimate of drug-likeness (QED) is 0.345. The lowest BCUT2D eigenvalue weighted by molar-refractivity contribution is -0.143. The van der Waals surface area contributed by atoms with Crippen LogP contribution in [0.2, 0.25) is 0 Å². The van der Waals surface area contributed by atoms with Crippen molar-refractivity contribution in [2.45, 2.75) is 32.2 Å². The van der Waals surface area contributed by atoms with Crippen molar-refractivity contribution in [2.24, 2.45) is 4.99 Å². The SMILES string of the molecule is CCOC(=O)Cn1c(=NC(=O)c2ccc(NS(=O)(=O)c3ccc(F)cc3)cc2)sc2c(C)cc(C)cc21. The van der Waals surface area contributed by atoms with E-state index in [1.165, 1.54) is 35.6 Å². The molecule has 0 radical (unpaired) electrons. The smallest absolute Gasteiger partial charge is 0.326 e. The van der Waals surface area contributed by atoms with E-state index < -0.39 is 27.7 Å². The highest BCUT2D eigenvalue weighted by molar-refractivity contribution is 7.92. The van der Waals surface area contributed by atoms with Gasteiger partial charge >= 0.3 is 5.97 Å². The van der Waals surface area contributed by atoms with Crippen molar-refractivity contribution in [1.29, 1.82) is 0 Å². The van der Waals surface area contributed by atoms with E-state index in [9.17, 15) is 22.4 Å². The summed E-state index contributed by atoms with van der Waals surface area (Å²) in [5.41, 5.74) is 3.26. The third kappa shape index (κ3) is 5.95. The van der Waals surface area contributed by atoms with Crippen molar-refractivity contribution in [3.05, 3.63) is 88.0 Å². The molecule has 0 aliphatic rings. The Morgan fingerprint density at radius 1 is 1.05 bits per heavy atom. The molecule has 0 saturated carbocycles. The third-order valence-corrected chi connectivity index (χ3v) is 8.04. The average molecular weight is 542 g/mol. The Morgan fingerprint density at radius 3 is 2.38 bits per heavy atom. The van der Waals surface area contributed by atoms with Gasteiger partial charge in [0.25, 0.3) is 15.9 Å². The zero-order chi connectivity index (χ0) is 26.7. The van der Waals surface area contributed by atoms with E-state index in [-0.39, 0.29) is 29.3 Å². The molecule has 0 aliphatic heterocycles. The summed E-state index contributed by atoms with van der Waals surface area (Å²) in [6.07, 6.45) is 0. The number of hydrogen-bond acceptors (Lipinski definition) is 6. The Kier molecular flexibility index (Phi) is 7.55. The number of carbonyl (C=O) groups excluding carboxylic acids is 2. The molecule has 11 heteroatoms. The summed E-state index contributed by atoms with van der Waals surface area (Å²) in [7, 11) is -3.93. The molecule has 0 aliphatic carbocycles. The van der Waals surface area contributed by atoms with Gasteiger partial charge in [-0.05, 0) is 86.5 Å². The van der Waals surface area contributed by atoms with E-state index in [4.69, 9.17) is 4.74 Å². The summed E-state index contributed by atoms with van der Waals surface area (Å²) in [5.74, 6) is -1.53. The maximum Gasteiger partial charge on any atom is 0.326 e. The van der Waals surface area contributed by atoms with E-state index in [0.29, 0.717) is 4.80 Å². The number of nitrogens with one attached hydrogen (secondary N) is 1. The number of sulfonamides is 1. The second-order valence-electron chi connectivity index (χ2n) is 8.26. The highest BCUT2D eigenvalue weighted by Crippen LogP contribution is 2.24. The van der Waals surface area contributed by atoms with Crippen LogP contribution in [-0.2, 0) is 26.1 Å². The van der Waals surface area contributed by atoms with Gasteiger partial charge in [-0.1, -0.05) is 17.4 Å². The number of anilines is 1. The second-order valence-corrected chi connectivity index (χ2v) is 10.9. The van der Waals surface area contributed by atoms with Crippen LogP contribution in [0.15, 0.2) is 70.6 Å². The van der Waals surface area contributed by atoms with Gasteiger partial charge in [0.15, 0.2) is 4.80 Å². The molecule has 0 bridgehead atoms. The van der Waals surface area contributed by atoms with Crippen molar-refractivity contribution in [2.75, 3.05) is 11.3 Å². The summed E-state index contributed by atoms with van der Waals surface area (Å²) in [6, 6.07) is 14.2. The zero-order valence-electron chi connectivity index (χ0n) is 20.3. The standard InChI is InChI=1S/C26H24FN3O5S2/c1-4-35-23(31)15-30-22-14-16(2)13-17(3)24(22)36-26(30)28-25(32)18-5-9-20(10-6-18)29-37(33,34)21-11-7-19(27)8-12-21/h5-14,29H,4,15H2,1-3H3. The van der Waals surface area contributed by atoms with Crippen molar-refractivity contribution in [1.82, 2.24) is 4.57 Å². The topological polar surface area (TPSA) is 107 Å². The number of ether oxygens (including phenoxy) is 1. The lowest BCUT2D eigenvalue weighted by Gasteiger charge is -2.08. The number of benzene rings is 3. The van der Waals surface area contributed by atoms with Crippen LogP contribution in [0, 0.1) is 19.7 Å². The Morgan fingerprint density at radius 2 is 1.73 bits per heavy atom. The van der Waals surface area contributed by atoms with Gasteiger partial charge in [-0.25, -0.2) is 12.8 Å². The number of esters is 1. The summed E-state index contributed by atoms with van der Waals surface area (Å²) < 4.78 is 48.2. The van der Waals surface area contributed by atoms with Crippen LogP contribution >= 0.6 is 11.3 Å². The molecule has 8 nitrogen and oxygen atoms in total. The van der Waals surface area contributed by atoms with Gasteiger partial charge in [-0.15, -0.1) is 0 Å². The molecule has 0 saturated heterocycles. The number of thiazole rings is 1. The number of rotatable bonds is 7. The molecule has 1 amide bonds. The lowest BCUT2D eigenvalue weighted by Crippen LogP contribution is -2.23. The normalized spacial score (nSPS) is 12.1. The molecule has 0 unspecified atom stereocenters.